The lowest BCUT2D eigenvalue weighted by Gasteiger charge is -2.05. The summed E-state index contributed by atoms with van der Waals surface area (Å²) in [5, 5.41) is 11.6. The van der Waals surface area contributed by atoms with Crippen molar-refractivity contribution in [2.24, 2.45) is 0 Å². The molecule has 0 saturated carbocycles. The van der Waals surface area contributed by atoms with E-state index in [1.54, 1.807) is 15.4 Å². The van der Waals surface area contributed by atoms with Crippen LogP contribution in [-0.2, 0) is 0 Å². The fraction of sp³-hybridized carbons (Fsp3) is 0.167. The van der Waals surface area contributed by atoms with Crippen LogP contribution < -0.4 is 5.32 Å². The highest BCUT2D eigenvalue weighted by Crippen LogP contribution is 2.23. The Morgan fingerprint density at radius 2 is 1.81 bits per heavy atom. The van der Waals surface area contributed by atoms with Gasteiger partial charge in [-0.25, -0.2) is 14.2 Å². The second-order valence-corrected chi connectivity index (χ2v) is 5.98. The summed E-state index contributed by atoms with van der Waals surface area (Å²) in [5.41, 5.74) is 3.99. The van der Waals surface area contributed by atoms with Crippen molar-refractivity contribution in [3.8, 4) is 5.69 Å². The molecule has 0 radical (unpaired) electrons. The molecule has 1 N–H and O–H groups in total. The van der Waals surface area contributed by atoms with E-state index in [1.165, 1.54) is 0 Å². The van der Waals surface area contributed by atoms with Crippen molar-refractivity contribution < 1.29 is 4.79 Å². The molecule has 0 aliphatic heterocycles. The molecule has 0 atom stereocenters. The average molecular weight is 347 g/mol. The minimum absolute atomic E-state index is 0.0676. The number of para-hydroxylation sites is 1. The maximum atomic E-state index is 12.6. The standard InChI is InChI=1S/C18H17N7O/c1-11-9-10-19-18-21-16(23-24(11)18)17(26)20-15-12(2)22-25(13(15)3)14-7-5-4-6-8-14/h4-10H,1-3H3,(H,20,26). The van der Waals surface area contributed by atoms with Gasteiger partial charge in [0.25, 0.3) is 11.7 Å². The van der Waals surface area contributed by atoms with E-state index in [1.807, 2.05) is 57.2 Å². The number of nitrogens with one attached hydrogen (secondary N) is 1. The van der Waals surface area contributed by atoms with Gasteiger partial charge in [0.05, 0.1) is 22.8 Å². The maximum Gasteiger partial charge on any atom is 0.295 e. The fourth-order valence-corrected chi connectivity index (χ4v) is 2.82. The van der Waals surface area contributed by atoms with Crippen LogP contribution in [0.3, 0.4) is 0 Å². The number of anilines is 1. The van der Waals surface area contributed by atoms with E-state index in [-0.39, 0.29) is 5.82 Å². The van der Waals surface area contributed by atoms with Gasteiger partial charge in [0, 0.05) is 11.9 Å². The number of hydrogen-bond donors (Lipinski definition) is 1. The minimum atomic E-state index is -0.395. The van der Waals surface area contributed by atoms with Crippen LogP contribution in [0, 0.1) is 20.8 Å². The van der Waals surface area contributed by atoms with E-state index in [0.717, 1.165) is 22.8 Å². The summed E-state index contributed by atoms with van der Waals surface area (Å²) in [4.78, 5) is 21.0. The molecule has 4 aromatic rings. The molecule has 3 aromatic heterocycles. The van der Waals surface area contributed by atoms with Crippen LogP contribution in [0.5, 0.6) is 0 Å². The number of carbonyl (C=O) groups is 1. The van der Waals surface area contributed by atoms with Gasteiger partial charge in [0.1, 0.15) is 0 Å². The van der Waals surface area contributed by atoms with Gasteiger partial charge in [-0.3, -0.25) is 4.79 Å². The number of aryl methyl sites for hydroxylation is 2. The summed E-state index contributed by atoms with van der Waals surface area (Å²) in [7, 11) is 0. The summed E-state index contributed by atoms with van der Waals surface area (Å²) < 4.78 is 3.34. The Bertz CT molecular complexity index is 1110. The Balaban J connectivity index is 1.67. The second-order valence-electron chi connectivity index (χ2n) is 5.98. The predicted octanol–water partition coefficient (Wildman–Crippen LogP) is 2.49. The molecule has 0 saturated heterocycles. The Kier molecular flexibility index (Phi) is 3.72. The normalized spacial score (nSPS) is 11.0. The lowest BCUT2D eigenvalue weighted by Crippen LogP contribution is -2.15. The van der Waals surface area contributed by atoms with Gasteiger partial charge in [0.15, 0.2) is 0 Å². The zero-order chi connectivity index (χ0) is 18.3. The molecule has 8 nitrogen and oxygen atoms in total. The van der Waals surface area contributed by atoms with Crippen molar-refractivity contribution in [1.82, 2.24) is 29.4 Å². The molecule has 1 aromatic carbocycles. The SMILES string of the molecule is Cc1nn(-c2ccccc2)c(C)c1NC(=O)c1nc2nccc(C)n2n1. The van der Waals surface area contributed by atoms with E-state index >= 15 is 0 Å². The topological polar surface area (TPSA) is 90.0 Å². The largest absolute Gasteiger partial charge is 0.316 e. The molecular formula is C18H17N7O. The van der Waals surface area contributed by atoms with Crippen molar-refractivity contribution >= 4 is 17.4 Å². The number of aromatic nitrogens is 6. The molecule has 0 aliphatic rings. The lowest BCUT2D eigenvalue weighted by molar-refractivity contribution is 0.101. The Morgan fingerprint density at radius 3 is 2.54 bits per heavy atom. The third kappa shape index (κ3) is 2.61. The first kappa shape index (κ1) is 15.9. The third-order valence-corrected chi connectivity index (χ3v) is 4.16. The van der Waals surface area contributed by atoms with Crippen LogP contribution in [0.4, 0.5) is 5.69 Å². The first-order chi connectivity index (χ1) is 12.5. The molecule has 8 heteroatoms. The molecule has 130 valence electrons. The zero-order valence-electron chi connectivity index (χ0n) is 14.6. The number of hydrogen-bond acceptors (Lipinski definition) is 5. The van der Waals surface area contributed by atoms with Crippen molar-refractivity contribution in [2.45, 2.75) is 20.8 Å². The van der Waals surface area contributed by atoms with Crippen molar-refractivity contribution in [3.05, 3.63) is 65.5 Å². The number of carbonyl (C=O) groups excluding carboxylic acids is 1. The van der Waals surface area contributed by atoms with Gasteiger partial charge < -0.3 is 5.32 Å². The molecule has 3 heterocycles. The van der Waals surface area contributed by atoms with Gasteiger partial charge in [0.2, 0.25) is 5.82 Å². The van der Waals surface area contributed by atoms with Crippen LogP contribution in [0.2, 0.25) is 0 Å². The number of rotatable bonds is 3. The highest BCUT2D eigenvalue weighted by Gasteiger charge is 2.19. The first-order valence-electron chi connectivity index (χ1n) is 8.16. The van der Waals surface area contributed by atoms with Gasteiger partial charge >= 0.3 is 0 Å². The van der Waals surface area contributed by atoms with Gasteiger partial charge in [-0.15, -0.1) is 5.10 Å². The summed E-state index contributed by atoms with van der Waals surface area (Å²) in [6.07, 6.45) is 1.64. The molecule has 0 bridgehead atoms. The molecule has 26 heavy (non-hydrogen) atoms. The quantitative estimate of drug-likeness (QED) is 0.615. The highest BCUT2D eigenvalue weighted by atomic mass is 16.2. The van der Waals surface area contributed by atoms with Gasteiger partial charge in [-0.1, -0.05) is 18.2 Å². The van der Waals surface area contributed by atoms with Crippen molar-refractivity contribution in [3.63, 3.8) is 0 Å². The van der Waals surface area contributed by atoms with E-state index in [4.69, 9.17) is 0 Å². The minimum Gasteiger partial charge on any atom is -0.316 e. The predicted molar refractivity (Wildman–Crippen MR) is 96.5 cm³/mol. The molecule has 0 fully saturated rings. The summed E-state index contributed by atoms with van der Waals surface area (Å²) >= 11 is 0. The van der Waals surface area contributed by atoms with E-state index in [0.29, 0.717) is 11.5 Å². The van der Waals surface area contributed by atoms with Crippen molar-refractivity contribution in [1.29, 1.82) is 0 Å². The number of nitrogens with zero attached hydrogens (tertiary/aromatic N) is 6. The number of benzene rings is 1. The summed E-state index contributed by atoms with van der Waals surface area (Å²) in [6.45, 7) is 5.64. The third-order valence-electron chi connectivity index (χ3n) is 4.16. The van der Waals surface area contributed by atoms with Gasteiger partial charge in [-0.2, -0.15) is 10.1 Å². The molecule has 0 aliphatic carbocycles. The van der Waals surface area contributed by atoms with Gasteiger partial charge in [-0.05, 0) is 39.0 Å². The van der Waals surface area contributed by atoms with E-state index in [2.05, 4.69) is 25.5 Å². The maximum absolute atomic E-state index is 12.6. The van der Waals surface area contributed by atoms with E-state index in [9.17, 15) is 4.79 Å². The summed E-state index contributed by atoms with van der Waals surface area (Å²) in [6, 6.07) is 11.6. The van der Waals surface area contributed by atoms with Crippen LogP contribution in [-0.4, -0.2) is 35.3 Å². The number of amides is 1. The second kappa shape index (κ2) is 6.07. The average Bonchev–Trinajstić information content (AvgIpc) is 3.20. The first-order valence-corrected chi connectivity index (χ1v) is 8.16. The zero-order valence-corrected chi connectivity index (χ0v) is 14.6. The van der Waals surface area contributed by atoms with Crippen LogP contribution in [0.15, 0.2) is 42.6 Å². The van der Waals surface area contributed by atoms with Crippen LogP contribution in [0.1, 0.15) is 27.7 Å². The van der Waals surface area contributed by atoms with Crippen molar-refractivity contribution in [2.75, 3.05) is 5.32 Å². The van der Waals surface area contributed by atoms with E-state index < -0.39 is 5.91 Å². The fourth-order valence-electron chi connectivity index (χ4n) is 2.82. The number of fused-ring (bicyclic) bond motifs is 1. The molecular weight excluding hydrogens is 330 g/mol. The monoisotopic (exact) mass is 347 g/mol. The van der Waals surface area contributed by atoms with Crippen LogP contribution >= 0.6 is 0 Å². The molecule has 0 unspecified atom stereocenters. The molecule has 4 rings (SSSR count). The molecule has 1 amide bonds. The molecule has 0 spiro atoms. The Labute approximate surface area is 149 Å². The Morgan fingerprint density at radius 1 is 1.04 bits per heavy atom. The Hall–Kier alpha value is -3.55. The van der Waals surface area contributed by atoms with Crippen LogP contribution in [0.25, 0.3) is 11.5 Å². The summed E-state index contributed by atoms with van der Waals surface area (Å²) in [5.74, 6) is 0.0651. The highest BCUT2D eigenvalue weighted by molar-refractivity contribution is 6.02. The smallest absolute Gasteiger partial charge is 0.295 e. The lowest BCUT2D eigenvalue weighted by atomic mass is 10.3.